The Kier molecular flexibility index (Phi) is 5.64. The average Bonchev–Trinajstić information content (AvgIpc) is 3.22. The summed E-state index contributed by atoms with van der Waals surface area (Å²) in [6.07, 6.45) is -1.75. The van der Waals surface area contributed by atoms with E-state index in [4.69, 9.17) is 27.9 Å². The molecule has 1 amide bonds. The van der Waals surface area contributed by atoms with Crippen molar-refractivity contribution < 1.29 is 22.7 Å². The molecule has 3 rings (SSSR count). The molecule has 2 atom stereocenters. The molecule has 2 unspecified atom stereocenters. The summed E-state index contributed by atoms with van der Waals surface area (Å²) in [7, 11) is 0. The number of carbonyl (C=O) groups is 1. The van der Waals surface area contributed by atoms with E-state index in [1.165, 1.54) is 12.7 Å². The highest BCUT2D eigenvalue weighted by Gasteiger charge is 2.45. The first-order chi connectivity index (χ1) is 12.7. The first-order valence-corrected chi connectivity index (χ1v) is 8.76. The molecule has 0 aliphatic carbocycles. The van der Waals surface area contributed by atoms with Crippen LogP contribution in [0.15, 0.2) is 30.9 Å². The Balaban J connectivity index is 1.81. The summed E-state index contributed by atoms with van der Waals surface area (Å²) in [5, 5.41) is 6.75. The summed E-state index contributed by atoms with van der Waals surface area (Å²) in [6.45, 7) is 0.000723. The fourth-order valence-electron chi connectivity index (χ4n) is 3.12. The molecule has 6 nitrogen and oxygen atoms in total. The molecule has 1 aliphatic rings. The maximum absolute atomic E-state index is 12.4. The number of aromatic nitrogens is 3. The number of nitrogens with zero attached hydrogens (tertiary/aromatic N) is 3. The topological polar surface area (TPSA) is 69.0 Å². The third-order valence-electron chi connectivity index (χ3n) is 4.32. The molecule has 146 valence electrons. The van der Waals surface area contributed by atoms with Gasteiger partial charge in [0.25, 0.3) is 0 Å². The number of halogens is 5. The largest absolute Gasteiger partial charge is 0.471 e. The van der Waals surface area contributed by atoms with Gasteiger partial charge in [-0.2, -0.15) is 18.3 Å². The van der Waals surface area contributed by atoms with Crippen molar-refractivity contribution >= 4 is 29.1 Å². The molecule has 1 aliphatic heterocycles. The van der Waals surface area contributed by atoms with Crippen LogP contribution in [0.3, 0.4) is 0 Å². The van der Waals surface area contributed by atoms with Crippen LogP contribution < -0.4 is 5.32 Å². The molecule has 0 saturated carbocycles. The SMILES string of the molecule is O=C(NCC1CCC(Cn2cncn2)(c2ccc(Cl)cc2Cl)O1)C(F)(F)F. The van der Waals surface area contributed by atoms with Gasteiger partial charge in [0, 0.05) is 22.2 Å². The minimum atomic E-state index is -4.93. The summed E-state index contributed by atoms with van der Waals surface area (Å²) >= 11 is 12.3. The van der Waals surface area contributed by atoms with Crippen molar-refractivity contribution in [1.29, 1.82) is 0 Å². The van der Waals surface area contributed by atoms with E-state index < -0.39 is 23.8 Å². The molecule has 1 aromatic heterocycles. The van der Waals surface area contributed by atoms with Crippen LogP contribution in [0.1, 0.15) is 18.4 Å². The second kappa shape index (κ2) is 7.65. The molecule has 2 aromatic rings. The van der Waals surface area contributed by atoms with Crippen LogP contribution >= 0.6 is 23.2 Å². The number of hydrogen-bond donors (Lipinski definition) is 1. The second-order valence-electron chi connectivity index (χ2n) is 6.20. The molecule has 1 fully saturated rings. The minimum absolute atomic E-state index is 0.261. The number of ether oxygens (including phenoxy) is 1. The van der Waals surface area contributed by atoms with Gasteiger partial charge in [-0.3, -0.25) is 4.79 Å². The van der Waals surface area contributed by atoms with Gasteiger partial charge in [0.2, 0.25) is 0 Å². The van der Waals surface area contributed by atoms with Gasteiger partial charge in [-0.15, -0.1) is 0 Å². The molecule has 0 radical (unpaired) electrons. The van der Waals surface area contributed by atoms with Crippen LogP contribution in [0.4, 0.5) is 13.2 Å². The second-order valence-corrected chi connectivity index (χ2v) is 7.04. The molecule has 0 spiro atoms. The third-order valence-corrected chi connectivity index (χ3v) is 4.86. The standard InChI is InChI=1S/C16H15Cl2F3N4O2/c17-10-1-2-12(13(18)5-10)15(7-25-9-22-8-24-25)4-3-11(27-15)6-23-14(26)16(19,20)21/h1-2,5,8-9,11H,3-4,6-7H2,(H,23,26). The van der Waals surface area contributed by atoms with E-state index in [0.717, 1.165) is 0 Å². The third kappa shape index (κ3) is 4.53. The van der Waals surface area contributed by atoms with Crippen LogP contribution in [0, 0.1) is 0 Å². The van der Waals surface area contributed by atoms with Gasteiger partial charge < -0.3 is 10.1 Å². The minimum Gasteiger partial charge on any atom is -0.363 e. The van der Waals surface area contributed by atoms with Crippen molar-refractivity contribution in [2.45, 2.75) is 37.3 Å². The summed E-state index contributed by atoms with van der Waals surface area (Å²) in [4.78, 5) is 14.9. The summed E-state index contributed by atoms with van der Waals surface area (Å²) in [6, 6.07) is 4.95. The Morgan fingerprint density at radius 3 is 2.81 bits per heavy atom. The van der Waals surface area contributed by atoms with Gasteiger partial charge >= 0.3 is 12.1 Å². The lowest BCUT2D eigenvalue weighted by Gasteiger charge is -2.31. The molecular formula is C16H15Cl2F3N4O2. The smallest absolute Gasteiger partial charge is 0.363 e. The average molecular weight is 423 g/mol. The highest BCUT2D eigenvalue weighted by atomic mass is 35.5. The molecule has 1 saturated heterocycles. The lowest BCUT2D eigenvalue weighted by atomic mass is 9.90. The molecular weight excluding hydrogens is 408 g/mol. The van der Waals surface area contributed by atoms with Crippen LogP contribution in [0.5, 0.6) is 0 Å². The van der Waals surface area contributed by atoms with Gasteiger partial charge in [-0.25, -0.2) is 9.67 Å². The zero-order valence-electron chi connectivity index (χ0n) is 13.8. The zero-order valence-corrected chi connectivity index (χ0v) is 15.4. The van der Waals surface area contributed by atoms with Crippen LogP contribution in [0.25, 0.3) is 0 Å². The van der Waals surface area contributed by atoms with E-state index in [2.05, 4.69) is 10.1 Å². The molecule has 1 aromatic carbocycles. The predicted octanol–water partition coefficient (Wildman–Crippen LogP) is 3.34. The van der Waals surface area contributed by atoms with Gasteiger partial charge in [-0.05, 0) is 25.0 Å². The van der Waals surface area contributed by atoms with Crippen molar-refractivity contribution in [3.8, 4) is 0 Å². The van der Waals surface area contributed by atoms with Gasteiger partial charge in [-0.1, -0.05) is 29.3 Å². The maximum Gasteiger partial charge on any atom is 0.471 e. The number of amides is 1. The van der Waals surface area contributed by atoms with Gasteiger partial charge in [0.05, 0.1) is 12.6 Å². The van der Waals surface area contributed by atoms with Crippen molar-refractivity contribution in [1.82, 2.24) is 20.1 Å². The van der Waals surface area contributed by atoms with Crippen molar-refractivity contribution in [2.75, 3.05) is 6.54 Å². The van der Waals surface area contributed by atoms with E-state index in [-0.39, 0.29) is 13.1 Å². The van der Waals surface area contributed by atoms with E-state index in [1.807, 2.05) is 5.32 Å². The quantitative estimate of drug-likeness (QED) is 0.801. The predicted molar refractivity (Wildman–Crippen MR) is 91.3 cm³/mol. The van der Waals surface area contributed by atoms with Gasteiger partial charge in [0.1, 0.15) is 18.3 Å². The van der Waals surface area contributed by atoms with E-state index in [0.29, 0.717) is 28.5 Å². The number of benzene rings is 1. The van der Waals surface area contributed by atoms with Crippen LogP contribution in [-0.2, 0) is 21.7 Å². The van der Waals surface area contributed by atoms with Gasteiger partial charge in [0.15, 0.2) is 0 Å². The van der Waals surface area contributed by atoms with Crippen LogP contribution in [-0.4, -0.2) is 39.5 Å². The van der Waals surface area contributed by atoms with E-state index in [1.54, 1.807) is 22.9 Å². The molecule has 27 heavy (non-hydrogen) atoms. The Labute approximate surface area is 162 Å². The first kappa shape index (κ1) is 19.9. The molecule has 2 heterocycles. The summed E-state index contributed by atoms with van der Waals surface area (Å²) in [5.74, 6) is -2.00. The zero-order chi connectivity index (χ0) is 19.7. The molecule has 11 heteroatoms. The van der Waals surface area contributed by atoms with E-state index in [9.17, 15) is 18.0 Å². The van der Waals surface area contributed by atoms with Crippen molar-refractivity contribution in [3.63, 3.8) is 0 Å². The number of nitrogens with one attached hydrogen (secondary N) is 1. The monoisotopic (exact) mass is 422 g/mol. The summed E-state index contributed by atoms with van der Waals surface area (Å²) < 4.78 is 44.8. The Morgan fingerprint density at radius 2 is 2.19 bits per heavy atom. The Bertz CT molecular complexity index is 816. The fraction of sp³-hybridized carbons (Fsp3) is 0.438. The lowest BCUT2D eigenvalue weighted by molar-refractivity contribution is -0.174. The normalized spacial score (nSPS) is 22.8. The highest BCUT2D eigenvalue weighted by Crippen LogP contribution is 2.44. The first-order valence-electron chi connectivity index (χ1n) is 8.00. The number of hydrogen-bond acceptors (Lipinski definition) is 4. The van der Waals surface area contributed by atoms with Crippen molar-refractivity contribution in [2.24, 2.45) is 0 Å². The number of carbonyl (C=O) groups excluding carboxylic acids is 1. The maximum atomic E-state index is 12.4. The van der Waals surface area contributed by atoms with Crippen LogP contribution in [0.2, 0.25) is 10.0 Å². The van der Waals surface area contributed by atoms with E-state index >= 15 is 0 Å². The van der Waals surface area contributed by atoms with Crippen molar-refractivity contribution in [3.05, 3.63) is 46.5 Å². The fourth-order valence-corrected chi connectivity index (χ4v) is 3.70. The number of rotatable bonds is 5. The summed E-state index contributed by atoms with van der Waals surface area (Å²) in [5.41, 5.74) is -0.281. The number of alkyl halides is 3. The molecule has 1 N–H and O–H groups in total. The Hall–Kier alpha value is -1.84. The molecule has 0 bridgehead atoms. The Morgan fingerprint density at radius 1 is 1.41 bits per heavy atom. The lowest BCUT2D eigenvalue weighted by Crippen LogP contribution is -2.41. The highest BCUT2D eigenvalue weighted by molar-refractivity contribution is 6.35.